The maximum absolute atomic E-state index is 11.1. The fourth-order valence-corrected chi connectivity index (χ4v) is 2.79. The summed E-state index contributed by atoms with van der Waals surface area (Å²) in [5, 5.41) is 22.9. The van der Waals surface area contributed by atoms with Crippen LogP contribution >= 0.6 is 0 Å². The summed E-state index contributed by atoms with van der Waals surface area (Å²) < 4.78 is 0. The van der Waals surface area contributed by atoms with Crippen molar-refractivity contribution in [2.75, 3.05) is 11.9 Å². The van der Waals surface area contributed by atoms with Crippen molar-refractivity contribution in [3.63, 3.8) is 0 Å². The molecule has 1 aliphatic rings. The molecule has 1 aliphatic carbocycles. The Bertz CT molecular complexity index is 547. The molecule has 2 atom stereocenters. The lowest BCUT2D eigenvalue weighted by Gasteiger charge is -2.28. The topological polar surface area (TPSA) is 105 Å². The Morgan fingerprint density at radius 2 is 2.24 bits per heavy atom. The van der Waals surface area contributed by atoms with Crippen molar-refractivity contribution in [1.82, 2.24) is 4.98 Å². The number of nitrogens with zero attached hydrogens (tertiary/aromatic N) is 2. The minimum atomic E-state index is -1.32. The molecule has 2 rings (SSSR count). The molecule has 0 aromatic carbocycles. The van der Waals surface area contributed by atoms with E-state index in [0.29, 0.717) is 24.2 Å². The van der Waals surface area contributed by atoms with Gasteiger partial charge in [-0.1, -0.05) is 26.2 Å². The van der Waals surface area contributed by atoms with Crippen LogP contribution in [0, 0.1) is 22.0 Å². The normalized spacial score (nSPS) is 21.8. The molecule has 21 heavy (non-hydrogen) atoms. The van der Waals surface area contributed by atoms with E-state index in [1.165, 1.54) is 25.3 Å². The maximum atomic E-state index is 11.1. The molecule has 7 nitrogen and oxygen atoms in total. The lowest BCUT2D eigenvalue weighted by atomic mass is 9.80. The summed E-state index contributed by atoms with van der Waals surface area (Å²) in [4.78, 5) is 25.0. The molecule has 2 unspecified atom stereocenters. The Morgan fingerprint density at radius 3 is 2.86 bits per heavy atom. The second-order valence-electron chi connectivity index (χ2n) is 5.55. The van der Waals surface area contributed by atoms with E-state index >= 15 is 0 Å². The van der Waals surface area contributed by atoms with Gasteiger partial charge in [-0.05, 0) is 18.3 Å². The highest BCUT2D eigenvalue weighted by molar-refractivity contribution is 5.93. The fraction of sp³-hybridized carbons (Fsp3) is 0.571. The standard InChI is InChI=1S/C14H19N3O4/c1-9-4-2-3-5-10(9)7-15-13-6-11(14(18)19)12(8-16-13)17(20)21/h6,8-10H,2-5,7H2,1H3,(H,15,16)(H,18,19). The quantitative estimate of drug-likeness (QED) is 0.638. The summed E-state index contributed by atoms with van der Waals surface area (Å²) >= 11 is 0. The number of carbonyl (C=O) groups is 1. The molecule has 0 radical (unpaired) electrons. The summed E-state index contributed by atoms with van der Waals surface area (Å²) in [6, 6.07) is 1.23. The van der Waals surface area contributed by atoms with Crippen LogP contribution in [-0.2, 0) is 0 Å². The molecule has 0 bridgehead atoms. The van der Waals surface area contributed by atoms with E-state index in [-0.39, 0.29) is 5.56 Å². The van der Waals surface area contributed by atoms with Gasteiger partial charge in [0.15, 0.2) is 0 Å². The van der Waals surface area contributed by atoms with Crippen molar-refractivity contribution in [1.29, 1.82) is 0 Å². The van der Waals surface area contributed by atoms with E-state index in [0.717, 1.165) is 12.6 Å². The summed E-state index contributed by atoms with van der Waals surface area (Å²) in [6.45, 7) is 2.93. The predicted molar refractivity (Wildman–Crippen MR) is 77.5 cm³/mol. The number of anilines is 1. The number of nitrogens with one attached hydrogen (secondary N) is 1. The van der Waals surface area contributed by atoms with E-state index in [4.69, 9.17) is 5.11 Å². The smallest absolute Gasteiger partial charge is 0.342 e. The number of pyridine rings is 1. The predicted octanol–water partition coefficient (Wildman–Crippen LogP) is 2.93. The fourth-order valence-electron chi connectivity index (χ4n) is 2.79. The molecule has 1 saturated carbocycles. The average molecular weight is 293 g/mol. The van der Waals surface area contributed by atoms with Crippen molar-refractivity contribution < 1.29 is 14.8 Å². The van der Waals surface area contributed by atoms with Gasteiger partial charge in [-0.25, -0.2) is 9.78 Å². The van der Waals surface area contributed by atoms with Gasteiger partial charge in [0.25, 0.3) is 0 Å². The van der Waals surface area contributed by atoms with Crippen molar-refractivity contribution in [2.45, 2.75) is 32.6 Å². The molecular weight excluding hydrogens is 274 g/mol. The summed E-state index contributed by atoms with van der Waals surface area (Å²) in [7, 11) is 0. The van der Waals surface area contributed by atoms with E-state index in [2.05, 4.69) is 17.2 Å². The maximum Gasteiger partial charge on any atom is 0.342 e. The Morgan fingerprint density at radius 1 is 1.52 bits per heavy atom. The van der Waals surface area contributed by atoms with Crippen LogP contribution in [0.5, 0.6) is 0 Å². The molecule has 0 amide bonds. The Balaban J connectivity index is 2.08. The van der Waals surface area contributed by atoms with Crippen LogP contribution in [0.15, 0.2) is 12.3 Å². The zero-order valence-electron chi connectivity index (χ0n) is 11.9. The third-order valence-electron chi connectivity index (χ3n) is 4.14. The van der Waals surface area contributed by atoms with E-state index < -0.39 is 16.6 Å². The van der Waals surface area contributed by atoms with Gasteiger partial charge in [0.1, 0.15) is 17.6 Å². The van der Waals surface area contributed by atoms with Crippen LogP contribution in [-0.4, -0.2) is 27.5 Å². The monoisotopic (exact) mass is 293 g/mol. The highest BCUT2D eigenvalue weighted by atomic mass is 16.6. The molecule has 1 aromatic heterocycles. The number of hydrogen-bond acceptors (Lipinski definition) is 5. The van der Waals surface area contributed by atoms with Gasteiger partial charge < -0.3 is 10.4 Å². The molecule has 1 fully saturated rings. The zero-order valence-corrected chi connectivity index (χ0v) is 11.9. The summed E-state index contributed by atoms with van der Waals surface area (Å²) in [5.41, 5.74) is -0.826. The van der Waals surface area contributed by atoms with Gasteiger partial charge in [0.05, 0.1) is 4.92 Å². The van der Waals surface area contributed by atoms with Crippen LogP contribution in [0.1, 0.15) is 43.0 Å². The number of hydrogen-bond donors (Lipinski definition) is 2. The van der Waals surface area contributed by atoms with Gasteiger partial charge in [-0.15, -0.1) is 0 Å². The van der Waals surface area contributed by atoms with E-state index in [1.807, 2.05) is 0 Å². The van der Waals surface area contributed by atoms with Crippen molar-refractivity contribution in [2.24, 2.45) is 11.8 Å². The van der Waals surface area contributed by atoms with Gasteiger partial charge in [-0.3, -0.25) is 10.1 Å². The molecule has 0 saturated heterocycles. The minimum Gasteiger partial charge on any atom is -0.477 e. The largest absolute Gasteiger partial charge is 0.477 e. The highest BCUT2D eigenvalue weighted by Gasteiger charge is 2.23. The Labute approximate surface area is 122 Å². The molecule has 0 spiro atoms. The first-order valence-corrected chi connectivity index (χ1v) is 7.10. The summed E-state index contributed by atoms with van der Waals surface area (Å²) in [6.07, 6.45) is 5.82. The van der Waals surface area contributed by atoms with Crippen LogP contribution in [0.25, 0.3) is 0 Å². The first kappa shape index (κ1) is 15.2. The van der Waals surface area contributed by atoms with Crippen molar-refractivity contribution in [3.05, 3.63) is 27.9 Å². The Kier molecular flexibility index (Phi) is 4.72. The third kappa shape index (κ3) is 3.68. The minimum absolute atomic E-state index is 0.339. The molecule has 114 valence electrons. The van der Waals surface area contributed by atoms with Gasteiger partial charge in [-0.2, -0.15) is 0 Å². The average Bonchev–Trinajstić information content (AvgIpc) is 2.46. The van der Waals surface area contributed by atoms with Crippen LogP contribution in [0.2, 0.25) is 0 Å². The lowest BCUT2D eigenvalue weighted by Crippen LogP contribution is -2.24. The number of carboxylic acids is 1. The number of carboxylic acid groups (broad SMARTS) is 1. The molecule has 2 N–H and O–H groups in total. The lowest BCUT2D eigenvalue weighted by molar-refractivity contribution is -0.385. The van der Waals surface area contributed by atoms with Gasteiger partial charge in [0, 0.05) is 12.6 Å². The number of rotatable bonds is 5. The summed E-state index contributed by atoms with van der Waals surface area (Å²) in [5.74, 6) is 0.209. The SMILES string of the molecule is CC1CCCCC1CNc1cc(C(=O)O)c([N+](=O)[O-])cn1. The van der Waals surface area contributed by atoms with Gasteiger partial charge in [0.2, 0.25) is 0 Å². The molecular formula is C14H19N3O4. The van der Waals surface area contributed by atoms with E-state index in [9.17, 15) is 14.9 Å². The first-order valence-electron chi connectivity index (χ1n) is 7.10. The number of nitro groups is 1. The number of aromatic nitrogens is 1. The van der Waals surface area contributed by atoms with E-state index in [1.54, 1.807) is 0 Å². The molecule has 1 aromatic rings. The molecule has 0 aliphatic heterocycles. The van der Waals surface area contributed by atoms with Gasteiger partial charge >= 0.3 is 11.7 Å². The second-order valence-corrected chi connectivity index (χ2v) is 5.55. The van der Waals surface area contributed by atoms with Crippen molar-refractivity contribution >= 4 is 17.5 Å². The van der Waals surface area contributed by atoms with Crippen LogP contribution < -0.4 is 5.32 Å². The molecule has 7 heteroatoms. The first-order chi connectivity index (χ1) is 9.99. The number of aromatic carboxylic acids is 1. The van der Waals surface area contributed by atoms with Crippen LogP contribution in [0.3, 0.4) is 0 Å². The van der Waals surface area contributed by atoms with Crippen LogP contribution in [0.4, 0.5) is 11.5 Å². The van der Waals surface area contributed by atoms with Crippen molar-refractivity contribution in [3.8, 4) is 0 Å². The second kappa shape index (κ2) is 6.51. The third-order valence-corrected chi connectivity index (χ3v) is 4.14. The molecule has 1 heterocycles. The highest BCUT2D eigenvalue weighted by Crippen LogP contribution is 2.29. The zero-order chi connectivity index (χ0) is 15.4. The Hall–Kier alpha value is -2.18.